The van der Waals surface area contributed by atoms with Crippen LogP contribution in [0, 0.1) is 0 Å². The molecule has 1 aromatic rings. The number of halogens is 1. The molecule has 1 heterocycles. The van der Waals surface area contributed by atoms with Gasteiger partial charge in [0.2, 0.25) is 0 Å². The number of carbonyl (C=O) groups is 3. The molecule has 0 radical (unpaired) electrons. The molecule has 1 aromatic carbocycles. The van der Waals surface area contributed by atoms with Crippen LogP contribution < -0.4 is 4.74 Å². The van der Waals surface area contributed by atoms with Gasteiger partial charge in [-0.15, -0.1) is 0 Å². The van der Waals surface area contributed by atoms with Crippen LogP contribution in [-0.4, -0.2) is 40.7 Å². The van der Waals surface area contributed by atoms with E-state index >= 15 is 0 Å². The summed E-state index contributed by atoms with van der Waals surface area (Å²) in [5, 5.41) is 9.95. The Morgan fingerprint density at radius 2 is 1.71 bits per heavy atom. The van der Waals surface area contributed by atoms with Crippen molar-refractivity contribution in [1.82, 2.24) is 4.90 Å². The minimum atomic E-state index is -0.978. The van der Waals surface area contributed by atoms with Gasteiger partial charge in [-0.25, -0.2) is 0 Å². The number of nitrogens with zero attached hydrogens (tertiary/aromatic N) is 1. The smallest absolute Gasteiger partial charge is 0.323 e. The monoisotopic (exact) mass is 443 g/mol. The van der Waals surface area contributed by atoms with E-state index in [4.69, 9.17) is 16.3 Å². The first-order chi connectivity index (χ1) is 14.9. The molecule has 2 aliphatic carbocycles. The van der Waals surface area contributed by atoms with E-state index in [0.29, 0.717) is 67.1 Å². The average molecular weight is 444 g/mol. The average Bonchev–Trinajstić information content (AvgIpc) is 2.73. The van der Waals surface area contributed by atoms with Gasteiger partial charge in [0, 0.05) is 41.3 Å². The van der Waals surface area contributed by atoms with E-state index < -0.39 is 11.9 Å². The van der Waals surface area contributed by atoms with Crippen molar-refractivity contribution in [2.45, 2.75) is 57.8 Å². The van der Waals surface area contributed by atoms with Crippen LogP contribution in [0.3, 0.4) is 0 Å². The summed E-state index contributed by atoms with van der Waals surface area (Å²) in [5.74, 6) is -0.950. The molecular weight excluding hydrogens is 418 g/mol. The molecule has 6 nitrogen and oxygen atoms in total. The van der Waals surface area contributed by atoms with Crippen molar-refractivity contribution in [3.63, 3.8) is 0 Å². The number of benzene rings is 1. The number of carbonyl (C=O) groups excluding carboxylic acids is 2. The Balaban J connectivity index is 1.87. The Morgan fingerprint density at radius 3 is 2.23 bits per heavy atom. The van der Waals surface area contributed by atoms with Gasteiger partial charge in [-0.05, 0) is 49.8 Å². The van der Waals surface area contributed by atoms with Crippen molar-refractivity contribution < 1.29 is 24.2 Å². The summed E-state index contributed by atoms with van der Waals surface area (Å²) in [6.45, 7) is 2.32. The molecular formula is C24H26ClNO5. The molecule has 7 heteroatoms. The van der Waals surface area contributed by atoms with Crippen molar-refractivity contribution in [1.29, 1.82) is 0 Å². The maximum Gasteiger partial charge on any atom is 0.323 e. The lowest BCUT2D eigenvalue weighted by Gasteiger charge is -2.43. The van der Waals surface area contributed by atoms with Gasteiger partial charge in [0.15, 0.2) is 11.6 Å². The van der Waals surface area contributed by atoms with Gasteiger partial charge in [-0.2, -0.15) is 0 Å². The van der Waals surface area contributed by atoms with Crippen molar-refractivity contribution in [3.05, 3.63) is 51.3 Å². The molecule has 0 aromatic heterocycles. The van der Waals surface area contributed by atoms with Crippen LogP contribution in [0.2, 0.25) is 5.02 Å². The number of Topliss-reactive ketones (excluding diaryl/α,β-unsaturated/α-hetero) is 2. The molecule has 1 aliphatic heterocycles. The first kappa shape index (κ1) is 21.6. The minimum Gasteiger partial charge on any atom is -0.492 e. The van der Waals surface area contributed by atoms with E-state index in [2.05, 4.69) is 0 Å². The van der Waals surface area contributed by atoms with Crippen molar-refractivity contribution in [3.8, 4) is 5.75 Å². The summed E-state index contributed by atoms with van der Waals surface area (Å²) in [6, 6.07) is 5.44. The molecule has 0 fully saturated rings. The molecule has 0 saturated heterocycles. The second kappa shape index (κ2) is 8.87. The van der Waals surface area contributed by atoms with Crippen LogP contribution in [0.4, 0.5) is 0 Å². The van der Waals surface area contributed by atoms with E-state index in [-0.39, 0.29) is 18.1 Å². The highest BCUT2D eigenvalue weighted by atomic mass is 35.5. The lowest BCUT2D eigenvalue weighted by atomic mass is 9.71. The van der Waals surface area contributed by atoms with Crippen LogP contribution in [-0.2, 0) is 14.4 Å². The Hall–Kier alpha value is -2.60. The van der Waals surface area contributed by atoms with Crippen LogP contribution >= 0.6 is 11.6 Å². The molecule has 0 saturated carbocycles. The second-order valence-electron chi connectivity index (χ2n) is 8.23. The highest BCUT2D eigenvalue weighted by molar-refractivity contribution is 6.32. The molecule has 0 atom stereocenters. The molecule has 3 aliphatic rings. The Morgan fingerprint density at radius 1 is 1.10 bits per heavy atom. The van der Waals surface area contributed by atoms with Crippen LogP contribution in [0.5, 0.6) is 5.75 Å². The van der Waals surface area contributed by atoms with Crippen molar-refractivity contribution in [2.75, 3.05) is 13.2 Å². The Kier molecular flexibility index (Phi) is 6.19. The summed E-state index contributed by atoms with van der Waals surface area (Å²) in [5.41, 5.74) is 3.38. The zero-order chi connectivity index (χ0) is 22.1. The van der Waals surface area contributed by atoms with E-state index in [9.17, 15) is 19.5 Å². The third-order valence-corrected chi connectivity index (χ3v) is 6.43. The highest BCUT2D eigenvalue weighted by Gasteiger charge is 2.43. The SMILES string of the molecule is CCCOc1ccc(C2C3=C(CCCC3=O)N(CC(=O)O)C3=C2C(=O)CCC3)cc1Cl. The normalized spacial score (nSPS) is 19.5. The number of carboxylic acids is 1. The number of rotatable bonds is 6. The van der Waals surface area contributed by atoms with Gasteiger partial charge >= 0.3 is 5.97 Å². The number of ether oxygens (including phenoxy) is 1. The number of ketones is 2. The van der Waals surface area contributed by atoms with Crippen LogP contribution in [0.15, 0.2) is 40.7 Å². The maximum atomic E-state index is 13.1. The van der Waals surface area contributed by atoms with Crippen molar-refractivity contribution >= 4 is 29.1 Å². The quantitative estimate of drug-likeness (QED) is 0.690. The number of allylic oxidation sites excluding steroid dienone is 4. The summed E-state index contributed by atoms with van der Waals surface area (Å²) >= 11 is 6.49. The summed E-state index contributed by atoms with van der Waals surface area (Å²) < 4.78 is 5.68. The van der Waals surface area contributed by atoms with Gasteiger partial charge in [0.1, 0.15) is 12.3 Å². The molecule has 31 heavy (non-hydrogen) atoms. The predicted octanol–water partition coefficient (Wildman–Crippen LogP) is 4.63. The zero-order valence-corrected chi connectivity index (χ0v) is 18.3. The lowest BCUT2D eigenvalue weighted by Crippen LogP contribution is -2.41. The summed E-state index contributed by atoms with van der Waals surface area (Å²) in [7, 11) is 0. The Labute approximate surface area is 186 Å². The van der Waals surface area contributed by atoms with Gasteiger partial charge in [-0.3, -0.25) is 14.4 Å². The molecule has 4 rings (SSSR count). The first-order valence-corrected chi connectivity index (χ1v) is 11.2. The molecule has 0 amide bonds. The van der Waals surface area contributed by atoms with Crippen LogP contribution in [0.25, 0.3) is 0 Å². The second-order valence-corrected chi connectivity index (χ2v) is 8.63. The summed E-state index contributed by atoms with van der Waals surface area (Å²) in [4.78, 5) is 39.5. The van der Waals surface area contributed by atoms with E-state index in [1.807, 2.05) is 13.0 Å². The Bertz CT molecular complexity index is 965. The maximum absolute atomic E-state index is 13.1. The molecule has 164 valence electrons. The number of carboxylic acid groups (broad SMARTS) is 1. The largest absolute Gasteiger partial charge is 0.492 e. The van der Waals surface area contributed by atoms with Gasteiger partial charge < -0.3 is 14.7 Å². The fourth-order valence-corrected chi connectivity index (χ4v) is 5.15. The third-order valence-electron chi connectivity index (χ3n) is 6.13. The lowest BCUT2D eigenvalue weighted by molar-refractivity contribution is -0.138. The van der Waals surface area contributed by atoms with E-state index in [1.165, 1.54) is 0 Å². The highest BCUT2D eigenvalue weighted by Crippen LogP contribution is 2.49. The molecule has 0 unspecified atom stereocenters. The first-order valence-electron chi connectivity index (χ1n) is 10.9. The molecule has 1 N–H and O–H groups in total. The van der Waals surface area contributed by atoms with Gasteiger partial charge in [0.25, 0.3) is 0 Å². The molecule has 0 bridgehead atoms. The number of hydrogen-bond donors (Lipinski definition) is 1. The number of aliphatic carboxylic acids is 1. The van der Waals surface area contributed by atoms with Gasteiger partial charge in [-0.1, -0.05) is 24.6 Å². The van der Waals surface area contributed by atoms with Crippen LogP contribution in [0.1, 0.15) is 63.4 Å². The zero-order valence-electron chi connectivity index (χ0n) is 17.6. The third kappa shape index (κ3) is 4.01. The standard InChI is InChI=1S/C24H26ClNO5/c1-2-11-31-20-10-9-14(12-15(20)25)22-23-16(5-3-7-18(23)27)26(13-21(29)30)17-6-4-8-19(28)24(17)22/h9-10,12,22H,2-8,11,13H2,1H3,(H,29,30). The van der Waals surface area contributed by atoms with E-state index in [1.54, 1.807) is 17.0 Å². The predicted molar refractivity (Wildman–Crippen MR) is 116 cm³/mol. The molecule has 0 spiro atoms. The number of hydrogen-bond acceptors (Lipinski definition) is 5. The van der Waals surface area contributed by atoms with Gasteiger partial charge in [0.05, 0.1) is 11.6 Å². The minimum absolute atomic E-state index is 0.0194. The fourth-order valence-electron chi connectivity index (χ4n) is 4.90. The summed E-state index contributed by atoms with van der Waals surface area (Å²) in [6.07, 6.45) is 4.28. The topological polar surface area (TPSA) is 83.9 Å². The van der Waals surface area contributed by atoms with E-state index in [0.717, 1.165) is 23.4 Å². The van der Waals surface area contributed by atoms with Crippen molar-refractivity contribution in [2.24, 2.45) is 0 Å². The fraction of sp³-hybridized carbons (Fsp3) is 0.458.